The normalized spacial score (nSPS) is 10.6. The second kappa shape index (κ2) is 5.28. The van der Waals surface area contributed by atoms with E-state index >= 15 is 0 Å². The third kappa shape index (κ3) is 2.33. The number of nitrogens with one attached hydrogen (secondary N) is 1. The van der Waals surface area contributed by atoms with E-state index in [1.54, 1.807) is 32.4 Å². The van der Waals surface area contributed by atoms with Crippen LogP contribution in [0.1, 0.15) is 0 Å². The summed E-state index contributed by atoms with van der Waals surface area (Å²) in [5.41, 5.74) is 1.26. The zero-order chi connectivity index (χ0) is 14.8. The molecule has 106 valence electrons. The Kier molecular flexibility index (Phi) is 3.31. The second-order valence-electron chi connectivity index (χ2n) is 4.50. The number of H-pyrrole nitrogens is 1. The van der Waals surface area contributed by atoms with Crippen molar-refractivity contribution in [2.45, 2.75) is 0 Å². The first kappa shape index (κ1) is 13.2. The van der Waals surface area contributed by atoms with Gasteiger partial charge in [-0.15, -0.1) is 0 Å². The van der Waals surface area contributed by atoms with Crippen LogP contribution in [0.5, 0.6) is 11.5 Å². The van der Waals surface area contributed by atoms with Gasteiger partial charge in [0.1, 0.15) is 5.82 Å². The van der Waals surface area contributed by atoms with Gasteiger partial charge in [-0.1, -0.05) is 12.1 Å². The number of hydrogen-bond acceptors (Lipinski definition) is 4. The van der Waals surface area contributed by atoms with Gasteiger partial charge in [0.05, 0.1) is 25.1 Å². The number of ether oxygens (including phenoxy) is 2. The highest BCUT2D eigenvalue weighted by Gasteiger charge is 2.09. The predicted molar refractivity (Wildman–Crippen MR) is 80.9 cm³/mol. The molecule has 0 amide bonds. The third-order valence-electron chi connectivity index (χ3n) is 3.27. The summed E-state index contributed by atoms with van der Waals surface area (Å²) in [5, 5.41) is 0.571. The third-order valence-corrected chi connectivity index (χ3v) is 3.27. The highest BCUT2D eigenvalue weighted by molar-refractivity contribution is 5.79. The van der Waals surface area contributed by atoms with Gasteiger partial charge in [-0.3, -0.25) is 4.79 Å². The maximum absolute atomic E-state index is 12.1. The fourth-order valence-electron chi connectivity index (χ4n) is 2.21. The molecule has 1 aromatic heterocycles. The number of methoxy groups -OCH3 is 2. The van der Waals surface area contributed by atoms with Crippen LogP contribution in [-0.4, -0.2) is 24.2 Å². The lowest BCUT2D eigenvalue weighted by molar-refractivity contribution is 0.355. The average molecular weight is 282 g/mol. The molecular formula is C16H14N2O3. The van der Waals surface area contributed by atoms with Gasteiger partial charge >= 0.3 is 0 Å². The van der Waals surface area contributed by atoms with Gasteiger partial charge in [0.25, 0.3) is 5.56 Å². The number of fused-ring (bicyclic) bond motifs is 1. The maximum atomic E-state index is 12.1. The van der Waals surface area contributed by atoms with Crippen LogP contribution in [0, 0.1) is 0 Å². The Hall–Kier alpha value is -2.82. The van der Waals surface area contributed by atoms with E-state index in [1.165, 1.54) is 0 Å². The molecule has 1 N–H and O–H groups in total. The monoisotopic (exact) mass is 282 g/mol. The Balaban J connectivity index is 2.18. The fraction of sp³-hybridized carbons (Fsp3) is 0.125. The molecule has 2 aromatic carbocycles. The quantitative estimate of drug-likeness (QED) is 0.802. The fourth-order valence-corrected chi connectivity index (χ4v) is 2.21. The topological polar surface area (TPSA) is 64.2 Å². The van der Waals surface area contributed by atoms with Crippen molar-refractivity contribution in [3.05, 3.63) is 52.8 Å². The Morgan fingerprint density at radius 2 is 1.76 bits per heavy atom. The standard InChI is InChI=1S/C16H14N2O3/c1-20-13-8-7-10(9-14(13)21-2)15-17-12-6-4-3-5-11(12)16(19)18-15/h3-9H,1-2H3,(H,17,18,19). The molecule has 5 nitrogen and oxygen atoms in total. The van der Waals surface area contributed by atoms with E-state index in [0.717, 1.165) is 5.56 Å². The van der Waals surface area contributed by atoms with Gasteiger partial charge in [-0.05, 0) is 30.3 Å². The minimum absolute atomic E-state index is 0.162. The van der Waals surface area contributed by atoms with E-state index < -0.39 is 0 Å². The van der Waals surface area contributed by atoms with Crippen LogP contribution in [0.4, 0.5) is 0 Å². The summed E-state index contributed by atoms with van der Waals surface area (Å²) >= 11 is 0. The SMILES string of the molecule is COc1ccc(-c2nc3ccccc3c(=O)[nH]2)cc1OC. The van der Waals surface area contributed by atoms with Gasteiger partial charge < -0.3 is 14.5 Å². The van der Waals surface area contributed by atoms with Crippen molar-refractivity contribution >= 4 is 10.9 Å². The molecular weight excluding hydrogens is 268 g/mol. The Labute approximate surface area is 121 Å². The molecule has 0 unspecified atom stereocenters. The Bertz CT molecular complexity index is 856. The minimum atomic E-state index is -0.162. The number of rotatable bonds is 3. The van der Waals surface area contributed by atoms with Crippen LogP contribution in [0.3, 0.4) is 0 Å². The van der Waals surface area contributed by atoms with E-state index in [9.17, 15) is 4.79 Å². The highest BCUT2D eigenvalue weighted by atomic mass is 16.5. The first-order chi connectivity index (χ1) is 10.2. The van der Waals surface area contributed by atoms with Crippen molar-refractivity contribution in [3.63, 3.8) is 0 Å². The lowest BCUT2D eigenvalue weighted by Crippen LogP contribution is -2.09. The molecule has 0 radical (unpaired) electrons. The van der Waals surface area contributed by atoms with Crippen LogP contribution >= 0.6 is 0 Å². The molecule has 21 heavy (non-hydrogen) atoms. The number of para-hydroxylation sites is 1. The van der Waals surface area contributed by atoms with E-state index in [1.807, 2.05) is 24.3 Å². The van der Waals surface area contributed by atoms with Crippen LogP contribution in [-0.2, 0) is 0 Å². The lowest BCUT2D eigenvalue weighted by atomic mass is 10.1. The van der Waals surface area contributed by atoms with Crippen molar-refractivity contribution < 1.29 is 9.47 Å². The molecule has 3 rings (SSSR count). The largest absolute Gasteiger partial charge is 0.493 e. The summed E-state index contributed by atoms with van der Waals surface area (Å²) in [6.07, 6.45) is 0. The van der Waals surface area contributed by atoms with E-state index in [-0.39, 0.29) is 5.56 Å². The minimum Gasteiger partial charge on any atom is -0.493 e. The summed E-state index contributed by atoms with van der Waals surface area (Å²) in [6.45, 7) is 0. The van der Waals surface area contributed by atoms with Crippen molar-refractivity contribution in [2.75, 3.05) is 14.2 Å². The molecule has 0 atom stereocenters. The first-order valence-electron chi connectivity index (χ1n) is 6.44. The zero-order valence-electron chi connectivity index (χ0n) is 11.7. The van der Waals surface area contributed by atoms with Gasteiger partial charge in [-0.25, -0.2) is 4.98 Å². The maximum Gasteiger partial charge on any atom is 0.259 e. The molecule has 3 aromatic rings. The van der Waals surface area contributed by atoms with E-state index in [2.05, 4.69) is 9.97 Å². The van der Waals surface area contributed by atoms with Gasteiger partial charge in [0.2, 0.25) is 0 Å². The predicted octanol–water partition coefficient (Wildman–Crippen LogP) is 2.61. The van der Waals surface area contributed by atoms with Crippen LogP contribution in [0.15, 0.2) is 47.3 Å². The molecule has 0 spiro atoms. The second-order valence-corrected chi connectivity index (χ2v) is 4.50. The molecule has 0 aliphatic heterocycles. The number of aromatic nitrogens is 2. The Morgan fingerprint density at radius 3 is 2.52 bits per heavy atom. The van der Waals surface area contributed by atoms with Gasteiger partial charge in [-0.2, -0.15) is 0 Å². The molecule has 0 saturated heterocycles. The summed E-state index contributed by atoms with van der Waals surface area (Å²) in [5.74, 6) is 1.72. The summed E-state index contributed by atoms with van der Waals surface area (Å²) in [7, 11) is 3.14. The van der Waals surface area contributed by atoms with Crippen molar-refractivity contribution in [2.24, 2.45) is 0 Å². The van der Waals surface area contributed by atoms with Crippen LogP contribution < -0.4 is 15.0 Å². The van der Waals surface area contributed by atoms with Crippen molar-refractivity contribution in [3.8, 4) is 22.9 Å². The molecule has 0 aliphatic rings. The molecule has 5 heteroatoms. The average Bonchev–Trinajstić information content (AvgIpc) is 2.54. The summed E-state index contributed by atoms with van der Waals surface area (Å²) < 4.78 is 10.5. The first-order valence-corrected chi connectivity index (χ1v) is 6.44. The van der Waals surface area contributed by atoms with Crippen molar-refractivity contribution in [1.29, 1.82) is 0 Å². The number of benzene rings is 2. The number of hydrogen-bond donors (Lipinski definition) is 1. The lowest BCUT2D eigenvalue weighted by Gasteiger charge is -2.09. The van der Waals surface area contributed by atoms with Gasteiger partial charge in [0, 0.05) is 5.56 Å². The number of nitrogens with zero attached hydrogens (tertiary/aromatic N) is 1. The summed E-state index contributed by atoms with van der Waals surface area (Å²) in [6, 6.07) is 12.6. The Morgan fingerprint density at radius 1 is 1.00 bits per heavy atom. The zero-order valence-corrected chi connectivity index (χ0v) is 11.7. The van der Waals surface area contributed by atoms with Crippen LogP contribution in [0.2, 0.25) is 0 Å². The van der Waals surface area contributed by atoms with E-state index in [4.69, 9.17) is 9.47 Å². The molecule has 1 heterocycles. The summed E-state index contributed by atoms with van der Waals surface area (Å²) in [4.78, 5) is 19.4. The van der Waals surface area contributed by atoms with E-state index in [0.29, 0.717) is 28.2 Å². The highest BCUT2D eigenvalue weighted by Crippen LogP contribution is 2.30. The van der Waals surface area contributed by atoms with Crippen LogP contribution in [0.25, 0.3) is 22.3 Å². The van der Waals surface area contributed by atoms with Gasteiger partial charge in [0.15, 0.2) is 11.5 Å². The molecule has 0 fully saturated rings. The van der Waals surface area contributed by atoms with Crippen molar-refractivity contribution in [1.82, 2.24) is 9.97 Å². The molecule has 0 bridgehead atoms. The molecule has 0 aliphatic carbocycles. The number of aromatic amines is 1. The molecule has 0 saturated carbocycles. The smallest absolute Gasteiger partial charge is 0.259 e.